The molecule has 1 aromatic carbocycles. The van der Waals surface area contributed by atoms with Crippen molar-refractivity contribution >= 4 is 17.6 Å². The molecule has 0 bridgehead atoms. The van der Waals surface area contributed by atoms with Crippen molar-refractivity contribution in [3.05, 3.63) is 47.4 Å². The topological polar surface area (TPSA) is 99.8 Å². The first kappa shape index (κ1) is 13.7. The second-order valence-corrected chi connectivity index (χ2v) is 4.10. The zero-order valence-corrected chi connectivity index (χ0v) is 10.7. The van der Waals surface area contributed by atoms with E-state index in [1.807, 2.05) is 6.92 Å². The Hall–Kier alpha value is -2.76. The largest absolute Gasteiger partial charge is 0.507 e. The van der Waals surface area contributed by atoms with Crippen molar-refractivity contribution in [1.82, 2.24) is 0 Å². The van der Waals surface area contributed by atoms with Crippen molar-refractivity contribution in [3.8, 4) is 5.75 Å². The van der Waals surface area contributed by atoms with E-state index in [-0.39, 0.29) is 11.5 Å². The highest BCUT2D eigenvalue weighted by molar-refractivity contribution is 6.05. The molecule has 6 nitrogen and oxygen atoms in total. The first-order valence-electron chi connectivity index (χ1n) is 5.97. The average Bonchev–Trinajstić information content (AvgIpc) is 2.86. The van der Waals surface area contributed by atoms with Crippen LogP contribution in [0.5, 0.6) is 5.75 Å². The Kier molecular flexibility index (Phi) is 3.74. The van der Waals surface area contributed by atoms with Crippen molar-refractivity contribution in [2.24, 2.45) is 0 Å². The number of carbonyl (C=O) groups excluding carboxylic acids is 1. The molecule has 0 aliphatic heterocycles. The molecule has 20 heavy (non-hydrogen) atoms. The van der Waals surface area contributed by atoms with Crippen LogP contribution in [-0.4, -0.2) is 22.1 Å². The molecule has 1 amide bonds. The number of aromatic hydroxyl groups is 1. The number of phenols is 1. The number of carboxylic acid groups (broad SMARTS) is 1. The van der Waals surface area contributed by atoms with Gasteiger partial charge in [-0.2, -0.15) is 0 Å². The summed E-state index contributed by atoms with van der Waals surface area (Å²) in [5.41, 5.74) is 0.496. The van der Waals surface area contributed by atoms with E-state index < -0.39 is 11.7 Å². The van der Waals surface area contributed by atoms with E-state index in [1.165, 1.54) is 24.5 Å². The lowest BCUT2D eigenvalue weighted by atomic mass is 10.1. The van der Waals surface area contributed by atoms with Gasteiger partial charge >= 0.3 is 5.97 Å². The second kappa shape index (κ2) is 5.48. The molecule has 104 valence electrons. The van der Waals surface area contributed by atoms with Crippen LogP contribution in [0, 0.1) is 0 Å². The van der Waals surface area contributed by atoms with Gasteiger partial charge in [0, 0.05) is 18.2 Å². The highest BCUT2D eigenvalue weighted by Gasteiger charge is 2.15. The van der Waals surface area contributed by atoms with Crippen molar-refractivity contribution in [3.63, 3.8) is 0 Å². The predicted octanol–water partition coefficient (Wildman–Crippen LogP) is 2.50. The van der Waals surface area contributed by atoms with E-state index in [0.717, 1.165) is 0 Å². The molecule has 6 heteroatoms. The summed E-state index contributed by atoms with van der Waals surface area (Å²) in [7, 11) is 0. The molecule has 0 fully saturated rings. The third-order valence-electron chi connectivity index (χ3n) is 2.80. The summed E-state index contributed by atoms with van der Waals surface area (Å²) in [5.74, 6) is -1.45. The summed E-state index contributed by atoms with van der Waals surface area (Å²) >= 11 is 0. The number of aromatic carboxylic acids is 1. The van der Waals surface area contributed by atoms with E-state index in [1.54, 1.807) is 6.07 Å². The molecule has 2 aromatic rings. The van der Waals surface area contributed by atoms with Crippen LogP contribution in [0.3, 0.4) is 0 Å². The summed E-state index contributed by atoms with van der Waals surface area (Å²) < 4.78 is 5.16. The number of amides is 1. The second-order valence-electron chi connectivity index (χ2n) is 4.10. The lowest BCUT2D eigenvalue weighted by molar-refractivity contribution is 0.0693. The number of hydrogen-bond acceptors (Lipinski definition) is 4. The number of aryl methyl sites for hydroxylation is 1. The van der Waals surface area contributed by atoms with Crippen LogP contribution in [0.1, 0.15) is 33.4 Å². The molecule has 0 aliphatic carbocycles. The average molecular weight is 275 g/mol. The van der Waals surface area contributed by atoms with Gasteiger partial charge in [0.1, 0.15) is 17.1 Å². The minimum absolute atomic E-state index is 0.222. The summed E-state index contributed by atoms with van der Waals surface area (Å²) in [6, 6.07) is 5.38. The van der Waals surface area contributed by atoms with Gasteiger partial charge in [0.25, 0.3) is 5.91 Å². The number of carbonyl (C=O) groups is 2. The van der Waals surface area contributed by atoms with E-state index in [9.17, 15) is 14.7 Å². The first-order valence-corrected chi connectivity index (χ1v) is 5.97. The van der Waals surface area contributed by atoms with Gasteiger partial charge in [-0.05, 0) is 18.2 Å². The third-order valence-corrected chi connectivity index (χ3v) is 2.80. The number of anilines is 1. The van der Waals surface area contributed by atoms with E-state index in [4.69, 9.17) is 9.52 Å². The maximum Gasteiger partial charge on any atom is 0.339 e. The number of hydrogen-bond donors (Lipinski definition) is 3. The van der Waals surface area contributed by atoms with Crippen LogP contribution in [-0.2, 0) is 6.42 Å². The Balaban J connectivity index is 2.20. The molecule has 2 rings (SSSR count). The number of benzene rings is 1. The van der Waals surface area contributed by atoms with Gasteiger partial charge in [0.15, 0.2) is 0 Å². The van der Waals surface area contributed by atoms with Crippen molar-refractivity contribution in [2.45, 2.75) is 13.3 Å². The number of nitrogens with one attached hydrogen (secondary N) is 1. The molecule has 0 aliphatic rings. The number of furan rings is 1. The van der Waals surface area contributed by atoms with E-state index in [2.05, 4.69) is 5.32 Å². The summed E-state index contributed by atoms with van der Waals surface area (Å²) in [4.78, 5) is 22.8. The van der Waals surface area contributed by atoms with E-state index >= 15 is 0 Å². The Morgan fingerprint density at radius 1 is 1.25 bits per heavy atom. The smallest absolute Gasteiger partial charge is 0.339 e. The number of rotatable bonds is 4. The molecule has 1 aromatic heterocycles. The fraction of sp³-hybridized carbons (Fsp3) is 0.143. The van der Waals surface area contributed by atoms with Crippen LogP contribution in [0.4, 0.5) is 5.69 Å². The highest BCUT2D eigenvalue weighted by Crippen LogP contribution is 2.23. The Bertz CT molecular complexity index is 659. The lowest BCUT2D eigenvalue weighted by Crippen LogP contribution is -2.13. The molecule has 0 radical (unpaired) electrons. The molecule has 0 saturated carbocycles. The monoisotopic (exact) mass is 275 g/mol. The molecule has 0 atom stereocenters. The van der Waals surface area contributed by atoms with Crippen LogP contribution in [0.15, 0.2) is 34.9 Å². The van der Waals surface area contributed by atoms with Crippen LogP contribution in [0.2, 0.25) is 0 Å². The zero-order chi connectivity index (χ0) is 14.7. The lowest BCUT2D eigenvalue weighted by Gasteiger charge is -2.06. The molecule has 0 spiro atoms. The molecule has 3 N–H and O–H groups in total. The zero-order valence-electron chi connectivity index (χ0n) is 10.7. The van der Waals surface area contributed by atoms with Crippen molar-refractivity contribution < 1.29 is 24.2 Å². The third kappa shape index (κ3) is 2.64. The van der Waals surface area contributed by atoms with Gasteiger partial charge in [-0.3, -0.25) is 4.79 Å². The summed E-state index contributed by atoms with van der Waals surface area (Å²) in [6.45, 7) is 1.86. The Labute approximate surface area is 114 Å². The molecule has 0 saturated heterocycles. The Morgan fingerprint density at radius 2 is 2.00 bits per heavy atom. The molecule has 1 heterocycles. The molecular formula is C14H13NO5. The van der Waals surface area contributed by atoms with Crippen molar-refractivity contribution in [1.29, 1.82) is 0 Å². The quantitative estimate of drug-likeness (QED) is 0.796. The normalized spacial score (nSPS) is 10.2. The van der Waals surface area contributed by atoms with Crippen LogP contribution >= 0.6 is 0 Å². The minimum atomic E-state index is -1.23. The fourth-order valence-electron chi connectivity index (χ4n) is 1.81. The SMILES string of the molecule is CCc1occc1C(=O)Nc1ccc(C(=O)O)c(O)c1. The summed E-state index contributed by atoms with van der Waals surface area (Å²) in [6.07, 6.45) is 2.01. The predicted molar refractivity (Wildman–Crippen MR) is 71.1 cm³/mol. The fourth-order valence-corrected chi connectivity index (χ4v) is 1.81. The van der Waals surface area contributed by atoms with Gasteiger partial charge < -0.3 is 19.9 Å². The first-order chi connectivity index (χ1) is 9.52. The van der Waals surface area contributed by atoms with Crippen LogP contribution < -0.4 is 5.32 Å². The Morgan fingerprint density at radius 3 is 2.60 bits per heavy atom. The van der Waals surface area contributed by atoms with Gasteiger partial charge in [-0.15, -0.1) is 0 Å². The number of carboxylic acids is 1. The van der Waals surface area contributed by atoms with Crippen LogP contribution in [0.25, 0.3) is 0 Å². The highest BCUT2D eigenvalue weighted by atomic mass is 16.4. The summed E-state index contributed by atoms with van der Waals surface area (Å²) in [5, 5.41) is 20.9. The minimum Gasteiger partial charge on any atom is -0.507 e. The molecule has 0 unspecified atom stereocenters. The molecular weight excluding hydrogens is 262 g/mol. The van der Waals surface area contributed by atoms with E-state index in [0.29, 0.717) is 23.4 Å². The van der Waals surface area contributed by atoms with Gasteiger partial charge in [-0.1, -0.05) is 6.92 Å². The van der Waals surface area contributed by atoms with Gasteiger partial charge in [0.2, 0.25) is 0 Å². The standard InChI is InChI=1S/C14H13NO5/c1-2-12-10(5-6-20-12)13(17)15-8-3-4-9(14(18)19)11(16)7-8/h3-7,16H,2H2,1H3,(H,15,17)(H,18,19). The van der Waals surface area contributed by atoms with Gasteiger partial charge in [-0.25, -0.2) is 4.79 Å². The maximum atomic E-state index is 12.0. The maximum absolute atomic E-state index is 12.0. The van der Waals surface area contributed by atoms with Crippen molar-refractivity contribution in [2.75, 3.05) is 5.32 Å². The van der Waals surface area contributed by atoms with Gasteiger partial charge in [0.05, 0.1) is 11.8 Å².